The molecule has 5 atom stereocenters. The van der Waals surface area contributed by atoms with Crippen LogP contribution in [-0.2, 0) is 0 Å². The number of aromatic nitrogens is 14. The molecule has 16 rings (SSSR count). The van der Waals surface area contributed by atoms with E-state index in [0.29, 0.717) is 91.3 Å². The van der Waals surface area contributed by atoms with Crippen molar-refractivity contribution in [2.24, 2.45) is 10.9 Å². The van der Waals surface area contributed by atoms with Gasteiger partial charge in [-0.15, -0.1) is 0 Å². The maximum Gasteiger partial charge on any atom is 1.00 e. The number of aliphatic hydroxyl groups excluding tert-OH is 1. The molecule has 0 unspecified atom stereocenters. The molecule has 4 aliphatic rings. The molecule has 8 heterocycles. The fourth-order valence-corrected chi connectivity index (χ4v) is 13.0. The molecule has 12 aromatic rings. The molecular weight excluding hydrogens is 2000 g/mol. The van der Waals surface area contributed by atoms with Gasteiger partial charge in [-0.25, -0.2) is 39.9 Å². The number of rotatable bonds is 18. The Bertz CT molecular complexity index is 5290. The van der Waals surface area contributed by atoms with Crippen molar-refractivity contribution in [1.82, 2.24) is 68.9 Å². The molecule has 1 aliphatic heterocycles. The van der Waals surface area contributed by atoms with Gasteiger partial charge in [-0.05, 0) is 231 Å². The summed E-state index contributed by atoms with van der Waals surface area (Å²) in [5, 5.41) is 10.4. The van der Waals surface area contributed by atoms with Gasteiger partial charge in [-0.3, -0.25) is 9.90 Å². The molecule has 129 heavy (non-hydrogen) atoms. The maximum atomic E-state index is 13.8. The Morgan fingerprint density at radius 2 is 0.698 bits per heavy atom. The number of hydrogen-bond donors (Lipinski definition) is 3. The quantitative estimate of drug-likeness (QED) is 0.0236. The number of hydrogen-bond acceptors (Lipinski definition) is 20. The Morgan fingerprint density at radius 3 is 1.01 bits per heavy atom. The summed E-state index contributed by atoms with van der Waals surface area (Å²) < 4.78 is 44.7. The van der Waals surface area contributed by atoms with Crippen LogP contribution in [0.4, 0.5) is 16.0 Å². The molecule has 25 nitrogen and oxygen atoms in total. The second-order valence-corrected chi connectivity index (χ2v) is 33.0. The van der Waals surface area contributed by atoms with E-state index in [4.69, 9.17) is 81.4 Å². The summed E-state index contributed by atoms with van der Waals surface area (Å²) in [4.78, 5) is 55.7. The standard InChI is InChI=1S/C20H21FN4O.C20H23N5O.C14H14BrClN2O.C14H16BrN3O.C8H9BrO.C7H9N.C6H6Cl2N2.2CH4.N3.Na.5H2S/c2*1-12-19(21)23-14(3)24-20(12)26-13(2)15-6-8-17(9-7-15)25-10-18(22-11-25)16-4-5-16;2*1-8-13(16)17-10(3)18-14(8)19-9(2)11-4-6-12(15)7-5-11;1-6(10)7-2-4-8(9)5-3-7;1-2-7(8-5-1)6-3-4-6;1-3-5(7)9-4(2)10-6(3)8;;;1-3-2;;;;;;/h6-11,13,16H,4-5H2,1-3H3;6-11,13,16H,4-5H2,1-3H3,(H2,21,23,24);4-7,9H,1-3H3;4-7,9H,1-3H3,(H2,16,17,18);2-6,10H,1H3;2,5-6H,1,3-4H2;1-2H3;2*1H4;;;5*1H2/q;;;;;;;;;-1;+1;;;;;/t2*13-;2*9-;6-;;;;;;;;;;;/m00000.........../s1. The molecule has 0 radical (unpaired) electrons. The monoisotopic (exact) mass is 2110 g/mol. The van der Waals surface area contributed by atoms with E-state index in [-0.39, 0.29) is 148 Å². The summed E-state index contributed by atoms with van der Waals surface area (Å²) in [5.74, 6) is 7.23. The first-order valence-electron chi connectivity index (χ1n) is 39.2. The van der Waals surface area contributed by atoms with Crippen LogP contribution in [0.2, 0.25) is 15.5 Å². The average Bonchev–Trinajstić information content (AvgIpc) is 1.74. The fraction of sp³-hybridized carbons (Fsp3) is 0.352. The molecule has 3 saturated carbocycles. The van der Waals surface area contributed by atoms with Gasteiger partial charge in [0.05, 0.1) is 46.8 Å². The zero-order chi connectivity index (χ0) is 87.9. The molecular formula is C91H116Br3Cl3FN20NaO5S5. The molecule has 690 valence electrons. The van der Waals surface area contributed by atoms with Gasteiger partial charge in [0.2, 0.25) is 29.5 Å². The number of allylic oxidation sites excluding steroid dienone is 2. The summed E-state index contributed by atoms with van der Waals surface area (Å²) in [6.07, 6.45) is 20.1. The number of aliphatic imine (C=N–C) groups is 1. The molecule has 0 amide bonds. The van der Waals surface area contributed by atoms with Crippen molar-refractivity contribution >= 4 is 168 Å². The zero-order valence-corrected chi connectivity index (χ0v) is 87.5. The maximum absolute atomic E-state index is 13.8. The van der Waals surface area contributed by atoms with Crippen molar-refractivity contribution in [2.45, 2.75) is 206 Å². The second kappa shape index (κ2) is 57.7. The Labute approximate surface area is 854 Å². The van der Waals surface area contributed by atoms with E-state index in [9.17, 15) is 4.39 Å². The summed E-state index contributed by atoms with van der Waals surface area (Å²) >= 11 is 27.5. The van der Waals surface area contributed by atoms with Crippen molar-refractivity contribution in [1.29, 1.82) is 0 Å². The molecule has 3 aliphatic carbocycles. The van der Waals surface area contributed by atoms with Gasteiger partial charge in [0.15, 0.2) is 0 Å². The van der Waals surface area contributed by atoms with E-state index < -0.39 is 5.95 Å². The average molecular weight is 2120 g/mol. The molecule has 7 aromatic heterocycles. The van der Waals surface area contributed by atoms with Crippen molar-refractivity contribution in [3.63, 3.8) is 0 Å². The van der Waals surface area contributed by atoms with Crippen molar-refractivity contribution in [3.8, 4) is 34.9 Å². The topological polar surface area (TPSA) is 345 Å². The van der Waals surface area contributed by atoms with E-state index in [1.165, 1.54) is 60.5 Å². The number of nitrogen functional groups attached to an aromatic ring is 2. The van der Waals surface area contributed by atoms with Crippen LogP contribution in [0.3, 0.4) is 0 Å². The number of benzene rings is 5. The SMILES string of the molecule is C.C.C1=NC(C2CC2)=CC1.C[C@H](O)c1ccc(Br)cc1.Cc1nc(Cl)c(C)c(Cl)n1.Cc1nc(Cl)c(C)c(O[C@@H](C)c2ccc(Br)cc2)n1.Cc1nc(F)c(C)c(O[C@@H](C)c2ccc(-n3cnc(C4CC4)c3)cc2)n1.Cc1nc(N)c(C)c(O[C@@H](C)c2ccc(-n3cnc(C4CC4)c3)cc2)n1.Cc1nc(N)c(C)c(O[C@@H](C)c2ccc(Br)cc2)n1.S.S.S.S.S.[N-]=[N+]=[N-].[Na+]. The van der Waals surface area contributed by atoms with Crippen molar-refractivity contribution < 1.29 is 58.0 Å². The molecule has 5 N–H and O–H groups in total. The Kier molecular flexibility index (Phi) is 53.4. The molecule has 38 heteroatoms. The van der Waals surface area contributed by atoms with Gasteiger partial charge in [-0.2, -0.15) is 91.8 Å². The van der Waals surface area contributed by atoms with Gasteiger partial charge in [0, 0.05) is 84.4 Å². The van der Waals surface area contributed by atoms with Gasteiger partial charge in [-0.1, -0.05) is 164 Å². The van der Waals surface area contributed by atoms with Crippen molar-refractivity contribution in [3.05, 3.63) is 305 Å². The summed E-state index contributed by atoms with van der Waals surface area (Å²) in [7, 11) is 0. The first-order valence-corrected chi connectivity index (χ1v) is 42.7. The van der Waals surface area contributed by atoms with Crippen LogP contribution in [0.1, 0.15) is 233 Å². The van der Waals surface area contributed by atoms with Crippen LogP contribution in [0.25, 0.3) is 27.3 Å². The zero-order valence-electron chi connectivity index (χ0n) is 73.5. The number of nitrogens with two attached hydrogens (primary N) is 2. The number of halogens is 7. The smallest absolute Gasteiger partial charge is 0.469 e. The van der Waals surface area contributed by atoms with E-state index in [2.05, 4.69) is 160 Å². The van der Waals surface area contributed by atoms with Crippen molar-refractivity contribution in [2.75, 3.05) is 11.5 Å². The normalized spacial score (nSPS) is 13.2. The van der Waals surface area contributed by atoms with E-state index in [1.54, 1.807) is 48.5 Å². The molecule has 0 spiro atoms. The van der Waals surface area contributed by atoms with Crippen LogP contribution in [0.5, 0.6) is 23.5 Å². The number of aryl methyl sites for hydroxylation is 5. The Balaban J connectivity index is 0.000000764. The minimum Gasteiger partial charge on any atom is -0.469 e. The number of aliphatic hydroxyl groups is 1. The molecule has 0 bridgehead atoms. The minimum absolute atomic E-state index is 0. The fourth-order valence-electron chi connectivity index (χ4n) is 11.6. The Morgan fingerprint density at radius 1 is 0.419 bits per heavy atom. The van der Waals surface area contributed by atoms with Crippen LogP contribution in [0, 0.1) is 81.1 Å². The Hall–Kier alpha value is -7.61. The van der Waals surface area contributed by atoms with Gasteiger partial charge in [0.1, 0.15) is 80.6 Å². The van der Waals surface area contributed by atoms with Crippen LogP contribution in [-0.4, -0.2) is 80.3 Å². The predicted molar refractivity (Wildman–Crippen MR) is 551 cm³/mol. The minimum atomic E-state index is -0.540. The summed E-state index contributed by atoms with van der Waals surface area (Å²) in [5.41, 5.74) is 39.6. The van der Waals surface area contributed by atoms with E-state index in [0.717, 1.165) is 87.2 Å². The third-order valence-corrected chi connectivity index (χ3v) is 22.0. The number of anilines is 2. The van der Waals surface area contributed by atoms with Crippen LogP contribution < -0.4 is 60.0 Å². The first-order chi connectivity index (χ1) is 57.6. The van der Waals surface area contributed by atoms with Crippen LogP contribution >= 0.6 is 150 Å². The van der Waals surface area contributed by atoms with Gasteiger partial charge < -0.3 is 55.7 Å². The van der Waals surface area contributed by atoms with E-state index >= 15 is 0 Å². The van der Waals surface area contributed by atoms with E-state index in [1.807, 2.05) is 176 Å². The summed E-state index contributed by atoms with van der Waals surface area (Å²) in [6.45, 7) is 27.4. The number of nitrogens with zero attached hydrogens (tertiary/aromatic N) is 18. The largest absolute Gasteiger partial charge is 1.00 e. The first kappa shape index (κ1) is 119. The number of ether oxygens (including phenoxy) is 4. The predicted octanol–water partition coefficient (Wildman–Crippen LogP) is 22.9. The van der Waals surface area contributed by atoms with Gasteiger partial charge in [0.25, 0.3) is 0 Å². The van der Waals surface area contributed by atoms with Gasteiger partial charge >= 0.3 is 29.6 Å². The van der Waals surface area contributed by atoms with Crippen LogP contribution in [0.15, 0.2) is 177 Å². The summed E-state index contributed by atoms with van der Waals surface area (Å²) in [6, 6.07) is 40.0. The number of imidazole rings is 2. The molecule has 5 aromatic carbocycles. The third-order valence-electron chi connectivity index (χ3n) is 19.3. The molecule has 3 fully saturated rings. The second-order valence-electron chi connectivity index (χ2n) is 29.2. The molecule has 0 saturated heterocycles. The third kappa shape index (κ3) is 37.4.